The Hall–Kier alpha value is -1.97. The van der Waals surface area contributed by atoms with E-state index >= 15 is 0 Å². The van der Waals surface area contributed by atoms with Gasteiger partial charge in [-0.25, -0.2) is 4.98 Å². The van der Waals surface area contributed by atoms with Gasteiger partial charge in [-0.3, -0.25) is 0 Å². The largest absolute Gasteiger partial charge is 0.372 e. The van der Waals surface area contributed by atoms with E-state index in [-0.39, 0.29) is 0 Å². The molecule has 0 atom stereocenters. The molecule has 4 nitrogen and oxygen atoms in total. The van der Waals surface area contributed by atoms with Gasteiger partial charge in [0.2, 0.25) is 5.95 Å². The fourth-order valence-corrected chi connectivity index (χ4v) is 2.69. The highest BCUT2D eigenvalue weighted by molar-refractivity contribution is 5.59. The highest BCUT2D eigenvalue weighted by Crippen LogP contribution is 2.24. The van der Waals surface area contributed by atoms with E-state index in [1.807, 2.05) is 12.4 Å². The summed E-state index contributed by atoms with van der Waals surface area (Å²) in [5, 5.41) is 3.38. The second kappa shape index (κ2) is 5.57. The average Bonchev–Trinajstić information content (AvgIpc) is 3.10. The molecule has 1 saturated heterocycles. The lowest BCUT2D eigenvalue weighted by atomic mass is 10.2. The van der Waals surface area contributed by atoms with Gasteiger partial charge in [0.1, 0.15) is 0 Å². The maximum absolute atomic E-state index is 4.37. The molecule has 0 bridgehead atoms. The first-order valence-electron chi connectivity index (χ1n) is 7.39. The summed E-state index contributed by atoms with van der Waals surface area (Å²) in [4.78, 5) is 6.82. The maximum atomic E-state index is 4.37. The summed E-state index contributed by atoms with van der Waals surface area (Å²) < 4.78 is 2.13. The summed E-state index contributed by atoms with van der Waals surface area (Å²) in [7, 11) is 0. The number of nitrogens with zero attached hydrogens (tertiary/aromatic N) is 3. The summed E-state index contributed by atoms with van der Waals surface area (Å²) in [5.41, 5.74) is 2.40. The van der Waals surface area contributed by atoms with E-state index in [1.54, 1.807) is 0 Å². The molecule has 1 aromatic carbocycles. The van der Waals surface area contributed by atoms with E-state index in [0.717, 1.165) is 11.6 Å². The van der Waals surface area contributed by atoms with E-state index in [1.165, 1.54) is 31.6 Å². The Morgan fingerprint density at radius 3 is 2.45 bits per heavy atom. The van der Waals surface area contributed by atoms with E-state index < -0.39 is 0 Å². The summed E-state index contributed by atoms with van der Waals surface area (Å²) in [5.74, 6) is 0.897. The Labute approximate surface area is 120 Å². The van der Waals surface area contributed by atoms with E-state index in [4.69, 9.17) is 0 Å². The number of anilines is 3. The van der Waals surface area contributed by atoms with Crippen molar-refractivity contribution in [1.82, 2.24) is 9.55 Å². The highest BCUT2D eigenvalue weighted by atomic mass is 15.2. The molecule has 2 heterocycles. The van der Waals surface area contributed by atoms with Crippen LogP contribution in [0.3, 0.4) is 0 Å². The molecule has 2 aromatic rings. The molecule has 0 spiro atoms. The van der Waals surface area contributed by atoms with Crippen LogP contribution in [-0.4, -0.2) is 22.6 Å². The number of hydrogen-bond acceptors (Lipinski definition) is 3. The zero-order chi connectivity index (χ0) is 13.9. The van der Waals surface area contributed by atoms with Crippen LogP contribution in [-0.2, 0) is 0 Å². The van der Waals surface area contributed by atoms with Crippen molar-refractivity contribution in [3.05, 3.63) is 36.7 Å². The zero-order valence-corrected chi connectivity index (χ0v) is 12.2. The van der Waals surface area contributed by atoms with Crippen molar-refractivity contribution in [3.8, 4) is 0 Å². The fourth-order valence-electron chi connectivity index (χ4n) is 2.69. The summed E-state index contributed by atoms with van der Waals surface area (Å²) in [6.07, 6.45) is 6.46. The number of benzene rings is 1. The third-order valence-electron chi connectivity index (χ3n) is 3.82. The second-order valence-electron chi connectivity index (χ2n) is 5.62. The third kappa shape index (κ3) is 2.64. The van der Waals surface area contributed by atoms with Crippen molar-refractivity contribution < 1.29 is 0 Å². The van der Waals surface area contributed by atoms with E-state index in [9.17, 15) is 0 Å². The van der Waals surface area contributed by atoms with E-state index in [0.29, 0.717) is 6.04 Å². The van der Waals surface area contributed by atoms with Crippen molar-refractivity contribution in [3.63, 3.8) is 0 Å². The lowest BCUT2D eigenvalue weighted by Gasteiger charge is -2.18. The molecule has 1 aromatic heterocycles. The van der Waals surface area contributed by atoms with Crippen LogP contribution in [0.25, 0.3) is 0 Å². The Morgan fingerprint density at radius 1 is 1.10 bits per heavy atom. The molecule has 1 aliphatic heterocycles. The fraction of sp³-hybridized carbons (Fsp3) is 0.438. The normalized spacial score (nSPS) is 15.1. The molecule has 1 aliphatic rings. The first-order chi connectivity index (χ1) is 9.74. The van der Waals surface area contributed by atoms with Crippen LogP contribution < -0.4 is 10.2 Å². The van der Waals surface area contributed by atoms with Gasteiger partial charge in [0, 0.05) is 42.9 Å². The Bertz CT molecular complexity index is 550. The molecule has 0 radical (unpaired) electrons. The summed E-state index contributed by atoms with van der Waals surface area (Å²) >= 11 is 0. The first kappa shape index (κ1) is 13.0. The minimum Gasteiger partial charge on any atom is -0.372 e. The number of rotatable bonds is 4. The molecule has 106 valence electrons. The highest BCUT2D eigenvalue weighted by Gasteiger charge is 2.12. The predicted molar refractivity (Wildman–Crippen MR) is 83.8 cm³/mol. The molecule has 4 heteroatoms. The quantitative estimate of drug-likeness (QED) is 0.917. The molecule has 0 saturated carbocycles. The average molecular weight is 270 g/mol. The van der Waals surface area contributed by atoms with Crippen molar-refractivity contribution >= 4 is 17.3 Å². The van der Waals surface area contributed by atoms with Crippen LogP contribution in [0, 0.1) is 0 Å². The number of aromatic nitrogens is 2. The molecule has 0 unspecified atom stereocenters. The molecule has 20 heavy (non-hydrogen) atoms. The van der Waals surface area contributed by atoms with Crippen LogP contribution in [0.5, 0.6) is 0 Å². The minimum absolute atomic E-state index is 0.406. The molecule has 1 N–H and O–H groups in total. The third-order valence-corrected chi connectivity index (χ3v) is 3.82. The van der Waals surface area contributed by atoms with Gasteiger partial charge in [0.25, 0.3) is 0 Å². The van der Waals surface area contributed by atoms with E-state index in [2.05, 4.69) is 57.9 Å². The summed E-state index contributed by atoms with van der Waals surface area (Å²) in [6.45, 7) is 6.68. The zero-order valence-electron chi connectivity index (χ0n) is 12.2. The van der Waals surface area contributed by atoms with Gasteiger partial charge >= 0.3 is 0 Å². The standard InChI is InChI=1S/C16H22N4/c1-13(2)20-12-9-17-16(20)18-14-5-7-15(8-6-14)19-10-3-4-11-19/h5-9,12-13H,3-4,10-11H2,1-2H3,(H,17,18). The van der Waals surface area contributed by atoms with Crippen LogP contribution in [0.15, 0.2) is 36.7 Å². The Balaban J connectivity index is 1.73. The van der Waals surface area contributed by atoms with Crippen LogP contribution in [0.2, 0.25) is 0 Å². The predicted octanol–water partition coefficient (Wildman–Crippen LogP) is 3.81. The van der Waals surface area contributed by atoms with Crippen molar-refractivity contribution in [1.29, 1.82) is 0 Å². The number of hydrogen-bond donors (Lipinski definition) is 1. The SMILES string of the molecule is CC(C)n1ccnc1Nc1ccc(N2CCCC2)cc1. The van der Waals surface area contributed by atoms with Crippen LogP contribution in [0.4, 0.5) is 17.3 Å². The van der Waals surface area contributed by atoms with Gasteiger partial charge < -0.3 is 14.8 Å². The van der Waals surface area contributed by atoms with Gasteiger partial charge in [0.15, 0.2) is 0 Å². The second-order valence-corrected chi connectivity index (χ2v) is 5.62. The van der Waals surface area contributed by atoms with Gasteiger partial charge in [-0.15, -0.1) is 0 Å². The minimum atomic E-state index is 0.406. The topological polar surface area (TPSA) is 33.1 Å². The molecule has 0 aliphatic carbocycles. The van der Waals surface area contributed by atoms with Crippen LogP contribution >= 0.6 is 0 Å². The van der Waals surface area contributed by atoms with Gasteiger partial charge in [0.05, 0.1) is 0 Å². The Morgan fingerprint density at radius 2 is 1.80 bits per heavy atom. The molecular formula is C16H22N4. The number of imidazole rings is 1. The van der Waals surface area contributed by atoms with Gasteiger partial charge in [-0.2, -0.15) is 0 Å². The Kier molecular flexibility index (Phi) is 3.63. The molecule has 1 fully saturated rings. The first-order valence-corrected chi connectivity index (χ1v) is 7.39. The van der Waals surface area contributed by atoms with Gasteiger partial charge in [-0.1, -0.05) is 0 Å². The summed E-state index contributed by atoms with van der Waals surface area (Å²) in [6, 6.07) is 9.05. The lowest BCUT2D eigenvalue weighted by molar-refractivity contribution is 0.608. The smallest absolute Gasteiger partial charge is 0.207 e. The monoisotopic (exact) mass is 270 g/mol. The van der Waals surface area contributed by atoms with Crippen molar-refractivity contribution in [2.75, 3.05) is 23.3 Å². The number of nitrogens with one attached hydrogen (secondary N) is 1. The van der Waals surface area contributed by atoms with Crippen molar-refractivity contribution in [2.24, 2.45) is 0 Å². The van der Waals surface area contributed by atoms with Gasteiger partial charge in [-0.05, 0) is 51.0 Å². The maximum Gasteiger partial charge on any atom is 0.207 e. The van der Waals surface area contributed by atoms with Crippen LogP contribution in [0.1, 0.15) is 32.7 Å². The molecule has 3 rings (SSSR count). The molecule has 0 amide bonds. The lowest BCUT2D eigenvalue weighted by Crippen LogP contribution is -2.17. The molecular weight excluding hydrogens is 248 g/mol. The van der Waals surface area contributed by atoms with Crippen molar-refractivity contribution in [2.45, 2.75) is 32.7 Å².